The molecule has 3 heteroatoms. The van der Waals surface area contributed by atoms with E-state index in [1.165, 1.54) is 44.9 Å². The van der Waals surface area contributed by atoms with Crippen molar-refractivity contribution in [3.05, 3.63) is 0 Å². The molecule has 0 aliphatic heterocycles. The zero-order valence-electron chi connectivity index (χ0n) is 11.9. The molecule has 0 spiro atoms. The van der Waals surface area contributed by atoms with E-state index in [0.29, 0.717) is 24.4 Å². The van der Waals surface area contributed by atoms with Crippen molar-refractivity contribution in [1.82, 2.24) is 5.32 Å². The Balaban J connectivity index is 1.37. The summed E-state index contributed by atoms with van der Waals surface area (Å²) in [4.78, 5) is 12.1. The third kappa shape index (κ3) is 3.31. The van der Waals surface area contributed by atoms with Gasteiger partial charge in [0.05, 0.1) is 0 Å². The lowest BCUT2D eigenvalue weighted by molar-refractivity contribution is -0.122. The Morgan fingerprint density at radius 3 is 2.68 bits per heavy atom. The monoisotopic (exact) mass is 264 g/mol. The fourth-order valence-electron chi connectivity index (χ4n) is 4.63. The Hall–Kier alpha value is -0.570. The zero-order chi connectivity index (χ0) is 13.2. The summed E-state index contributed by atoms with van der Waals surface area (Å²) >= 11 is 0. The molecule has 108 valence electrons. The van der Waals surface area contributed by atoms with Gasteiger partial charge in [0.1, 0.15) is 0 Å². The Morgan fingerprint density at radius 1 is 1.11 bits per heavy atom. The summed E-state index contributed by atoms with van der Waals surface area (Å²) in [5.41, 5.74) is 6.00. The smallest absolute Gasteiger partial charge is 0.220 e. The molecule has 3 nitrogen and oxygen atoms in total. The van der Waals surface area contributed by atoms with Crippen molar-refractivity contribution in [1.29, 1.82) is 0 Å². The van der Waals surface area contributed by atoms with Gasteiger partial charge in [-0.2, -0.15) is 0 Å². The number of fused-ring (bicyclic) bond motifs is 2. The van der Waals surface area contributed by atoms with Gasteiger partial charge in [0, 0.05) is 18.5 Å². The van der Waals surface area contributed by atoms with Crippen LogP contribution in [-0.2, 0) is 4.79 Å². The highest BCUT2D eigenvalue weighted by Crippen LogP contribution is 2.44. The number of carbonyl (C=O) groups is 1. The fourth-order valence-corrected chi connectivity index (χ4v) is 4.63. The first kappa shape index (κ1) is 13.4. The SMILES string of the molecule is NC1CCCC(CCC(=O)NC2CC3CCC2C3)C1. The van der Waals surface area contributed by atoms with E-state index >= 15 is 0 Å². The summed E-state index contributed by atoms with van der Waals surface area (Å²) in [5, 5.41) is 3.29. The predicted molar refractivity (Wildman–Crippen MR) is 76.5 cm³/mol. The highest BCUT2D eigenvalue weighted by Gasteiger charge is 2.40. The number of hydrogen-bond donors (Lipinski definition) is 2. The molecule has 0 aromatic heterocycles. The lowest BCUT2D eigenvalue weighted by atomic mass is 9.83. The highest BCUT2D eigenvalue weighted by atomic mass is 16.1. The quantitative estimate of drug-likeness (QED) is 0.820. The Labute approximate surface area is 116 Å². The molecule has 3 fully saturated rings. The van der Waals surface area contributed by atoms with Crippen LogP contribution in [0.3, 0.4) is 0 Å². The van der Waals surface area contributed by atoms with Crippen LogP contribution in [0.25, 0.3) is 0 Å². The number of nitrogens with two attached hydrogens (primary N) is 1. The maximum atomic E-state index is 12.1. The van der Waals surface area contributed by atoms with Gasteiger partial charge in [0.25, 0.3) is 0 Å². The molecular weight excluding hydrogens is 236 g/mol. The molecule has 0 radical (unpaired) electrons. The van der Waals surface area contributed by atoms with Gasteiger partial charge < -0.3 is 11.1 Å². The van der Waals surface area contributed by atoms with Gasteiger partial charge in [-0.25, -0.2) is 0 Å². The van der Waals surface area contributed by atoms with Crippen LogP contribution < -0.4 is 11.1 Å². The molecule has 3 saturated carbocycles. The normalized spacial score (nSPS) is 41.4. The molecule has 0 aromatic rings. The zero-order valence-corrected chi connectivity index (χ0v) is 11.9. The molecule has 0 aromatic carbocycles. The molecule has 5 atom stereocenters. The van der Waals surface area contributed by atoms with Crippen LogP contribution in [0.5, 0.6) is 0 Å². The molecule has 3 aliphatic carbocycles. The van der Waals surface area contributed by atoms with Crippen molar-refractivity contribution >= 4 is 5.91 Å². The van der Waals surface area contributed by atoms with Crippen molar-refractivity contribution < 1.29 is 4.79 Å². The van der Waals surface area contributed by atoms with E-state index in [9.17, 15) is 4.79 Å². The fraction of sp³-hybridized carbons (Fsp3) is 0.938. The number of rotatable bonds is 4. The van der Waals surface area contributed by atoms with Gasteiger partial charge in [-0.15, -0.1) is 0 Å². The van der Waals surface area contributed by atoms with Crippen LogP contribution in [0.4, 0.5) is 0 Å². The maximum Gasteiger partial charge on any atom is 0.220 e. The predicted octanol–water partition coefficient (Wildman–Crippen LogP) is 2.59. The lowest BCUT2D eigenvalue weighted by Gasteiger charge is -2.27. The second kappa shape index (κ2) is 5.82. The van der Waals surface area contributed by atoms with E-state index in [0.717, 1.165) is 24.7 Å². The van der Waals surface area contributed by atoms with Crippen molar-refractivity contribution in [3.8, 4) is 0 Å². The molecular formula is C16H28N2O. The minimum Gasteiger partial charge on any atom is -0.353 e. The summed E-state index contributed by atoms with van der Waals surface area (Å²) in [7, 11) is 0. The molecule has 3 N–H and O–H groups in total. The van der Waals surface area contributed by atoms with Crippen molar-refractivity contribution in [3.63, 3.8) is 0 Å². The minimum atomic E-state index is 0.289. The number of carbonyl (C=O) groups excluding carboxylic acids is 1. The van der Waals surface area contributed by atoms with Gasteiger partial charge in [-0.3, -0.25) is 4.79 Å². The summed E-state index contributed by atoms with van der Waals surface area (Å²) in [6.07, 6.45) is 11.9. The molecule has 3 aliphatic rings. The summed E-state index contributed by atoms with van der Waals surface area (Å²) in [6.45, 7) is 0. The average Bonchev–Trinajstić information content (AvgIpc) is 2.99. The lowest BCUT2D eigenvalue weighted by Crippen LogP contribution is -2.38. The third-order valence-electron chi connectivity index (χ3n) is 5.69. The van der Waals surface area contributed by atoms with E-state index in [1.807, 2.05) is 0 Å². The summed E-state index contributed by atoms with van der Waals surface area (Å²) in [5.74, 6) is 2.68. The summed E-state index contributed by atoms with van der Waals surface area (Å²) < 4.78 is 0. The van der Waals surface area contributed by atoms with Crippen LogP contribution in [0.2, 0.25) is 0 Å². The van der Waals surface area contributed by atoms with E-state index in [4.69, 9.17) is 5.73 Å². The first-order chi connectivity index (χ1) is 9.20. The third-order valence-corrected chi connectivity index (χ3v) is 5.69. The second-order valence-corrected chi connectivity index (χ2v) is 7.18. The number of nitrogens with one attached hydrogen (secondary N) is 1. The van der Waals surface area contributed by atoms with Crippen molar-refractivity contribution in [2.24, 2.45) is 23.5 Å². The van der Waals surface area contributed by atoms with Crippen LogP contribution in [-0.4, -0.2) is 18.0 Å². The van der Waals surface area contributed by atoms with Gasteiger partial charge in [-0.1, -0.05) is 19.3 Å². The Kier molecular flexibility index (Phi) is 4.11. The molecule has 5 unspecified atom stereocenters. The van der Waals surface area contributed by atoms with Gasteiger partial charge >= 0.3 is 0 Å². The van der Waals surface area contributed by atoms with Crippen LogP contribution in [0.1, 0.15) is 64.2 Å². The van der Waals surface area contributed by atoms with Gasteiger partial charge in [-0.05, 0) is 56.3 Å². The molecule has 1 amide bonds. The largest absolute Gasteiger partial charge is 0.353 e. The second-order valence-electron chi connectivity index (χ2n) is 7.18. The molecule has 19 heavy (non-hydrogen) atoms. The standard InChI is InChI=1S/C16H28N2O/c17-14-3-1-2-11(9-14)5-7-16(19)18-15-10-12-4-6-13(15)8-12/h11-15H,1-10,17H2,(H,18,19). The van der Waals surface area contributed by atoms with E-state index in [2.05, 4.69) is 5.32 Å². The van der Waals surface area contributed by atoms with E-state index in [1.54, 1.807) is 0 Å². The van der Waals surface area contributed by atoms with Crippen LogP contribution >= 0.6 is 0 Å². The summed E-state index contributed by atoms with van der Waals surface area (Å²) in [6, 6.07) is 0.882. The topological polar surface area (TPSA) is 55.1 Å². The maximum absolute atomic E-state index is 12.1. The van der Waals surface area contributed by atoms with E-state index < -0.39 is 0 Å². The molecule has 3 rings (SSSR count). The first-order valence-corrected chi connectivity index (χ1v) is 8.25. The minimum absolute atomic E-state index is 0.289. The molecule has 0 saturated heterocycles. The Morgan fingerprint density at radius 2 is 2.00 bits per heavy atom. The number of amides is 1. The number of hydrogen-bond acceptors (Lipinski definition) is 2. The van der Waals surface area contributed by atoms with Gasteiger partial charge in [0.15, 0.2) is 0 Å². The van der Waals surface area contributed by atoms with Crippen molar-refractivity contribution in [2.75, 3.05) is 0 Å². The first-order valence-electron chi connectivity index (χ1n) is 8.25. The molecule has 2 bridgehead atoms. The highest BCUT2D eigenvalue weighted by molar-refractivity contribution is 5.76. The Bertz CT molecular complexity index is 331. The van der Waals surface area contributed by atoms with Crippen molar-refractivity contribution in [2.45, 2.75) is 76.3 Å². The van der Waals surface area contributed by atoms with Crippen LogP contribution in [0, 0.1) is 17.8 Å². The average molecular weight is 264 g/mol. The molecule has 0 heterocycles. The van der Waals surface area contributed by atoms with Crippen LogP contribution in [0.15, 0.2) is 0 Å². The van der Waals surface area contributed by atoms with Gasteiger partial charge in [0.2, 0.25) is 5.91 Å². The van der Waals surface area contributed by atoms with E-state index in [-0.39, 0.29) is 5.91 Å².